The van der Waals surface area contributed by atoms with Crippen molar-refractivity contribution in [2.45, 2.75) is 32.7 Å². The first-order valence-corrected chi connectivity index (χ1v) is 6.09. The van der Waals surface area contributed by atoms with Crippen molar-refractivity contribution in [3.63, 3.8) is 0 Å². The van der Waals surface area contributed by atoms with Crippen molar-refractivity contribution in [2.24, 2.45) is 0 Å². The summed E-state index contributed by atoms with van der Waals surface area (Å²) in [6.45, 7) is 5.02. The van der Waals surface area contributed by atoms with Gasteiger partial charge in [-0.2, -0.15) is 0 Å². The van der Waals surface area contributed by atoms with Crippen molar-refractivity contribution in [1.29, 1.82) is 0 Å². The lowest BCUT2D eigenvalue weighted by Gasteiger charge is -2.17. The molecule has 1 nitrogen and oxygen atoms in total. The number of benzene rings is 1. The van der Waals surface area contributed by atoms with Gasteiger partial charge in [-0.25, -0.2) is 4.39 Å². The van der Waals surface area contributed by atoms with Crippen molar-refractivity contribution in [1.82, 2.24) is 5.32 Å². The fourth-order valence-corrected chi connectivity index (χ4v) is 2.77. The molecule has 0 aromatic heterocycles. The monoisotopic (exact) mass is 271 g/mol. The Balaban J connectivity index is 2.52. The predicted molar refractivity (Wildman–Crippen MR) is 63.6 cm³/mol. The highest BCUT2D eigenvalue weighted by atomic mass is 79.9. The molecule has 0 aliphatic carbocycles. The molecule has 1 saturated heterocycles. The van der Waals surface area contributed by atoms with Crippen molar-refractivity contribution >= 4 is 15.9 Å². The molecule has 1 aromatic rings. The summed E-state index contributed by atoms with van der Waals surface area (Å²) in [7, 11) is 0. The van der Waals surface area contributed by atoms with E-state index in [-0.39, 0.29) is 11.9 Å². The van der Waals surface area contributed by atoms with Gasteiger partial charge in [-0.15, -0.1) is 0 Å². The van der Waals surface area contributed by atoms with Crippen LogP contribution in [0.1, 0.15) is 35.6 Å². The molecule has 1 N–H and O–H groups in total. The van der Waals surface area contributed by atoms with Gasteiger partial charge in [0.1, 0.15) is 5.82 Å². The Hall–Kier alpha value is -0.410. The number of hydrogen-bond acceptors (Lipinski definition) is 1. The second-order valence-corrected chi connectivity index (χ2v) is 5.03. The molecular weight excluding hydrogens is 257 g/mol. The lowest BCUT2D eigenvalue weighted by Crippen LogP contribution is -2.16. The van der Waals surface area contributed by atoms with E-state index in [1.807, 2.05) is 19.9 Å². The zero-order valence-corrected chi connectivity index (χ0v) is 10.6. The highest BCUT2D eigenvalue weighted by Crippen LogP contribution is 2.33. The summed E-state index contributed by atoms with van der Waals surface area (Å²) in [6.07, 6.45) is 2.17. The van der Waals surface area contributed by atoms with E-state index in [1.165, 1.54) is 0 Å². The molecule has 0 spiro atoms. The quantitative estimate of drug-likeness (QED) is 0.823. The van der Waals surface area contributed by atoms with Crippen LogP contribution in [0.25, 0.3) is 0 Å². The molecular formula is C12H15BrFN. The topological polar surface area (TPSA) is 12.0 Å². The summed E-state index contributed by atoms with van der Waals surface area (Å²) >= 11 is 3.28. The van der Waals surface area contributed by atoms with E-state index in [0.717, 1.165) is 36.1 Å². The van der Waals surface area contributed by atoms with Gasteiger partial charge in [0, 0.05) is 11.6 Å². The van der Waals surface area contributed by atoms with Crippen LogP contribution in [0.4, 0.5) is 4.39 Å². The minimum Gasteiger partial charge on any atom is -0.310 e. The van der Waals surface area contributed by atoms with Crippen LogP contribution in [0.5, 0.6) is 0 Å². The first kappa shape index (κ1) is 11.1. The van der Waals surface area contributed by atoms with Gasteiger partial charge in [-0.1, -0.05) is 0 Å². The third kappa shape index (κ3) is 1.95. The normalized spacial score (nSPS) is 20.9. The van der Waals surface area contributed by atoms with Crippen LogP contribution in [-0.2, 0) is 0 Å². The first-order valence-electron chi connectivity index (χ1n) is 5.29. The van der Waals surface area contributed by atoms with Crippen molar-refractivity contribution in [2.75, 3.05) is 6.54 Å². The number of rotatable bonds is 1. The van der Waals surface area contributed by atoms with E-state index < -0.39 is 0 Å². The molecule has 82 valence electrons. The average molecular weight is 272 g/mol. The summed E-state index contributed by atoms with van der Waals surface area (Å²) in [5, 5.41) is 3.35. The molecule has 1 atom stereocenters. The molecule has 3 heteroatoms. The van der Waals surface area contributed by atoms with Crippen LogP contribution >= 0.6 is 15.9 Å². The summed E-state index contributed by atoms with van der Waals surface area (Å²) in [5.74, 6) is -0.0995. The van der Waals surface area contributed by atoms with Gasteiger partial charge in [0.2, 0.25) is 0 Å². The summed E-state index contributed by atoms with van der Waals surface area (Å²) in [4.78, 5) is 0. The lowest BCUT2D eigenvalue weighted by molar-refractivity contribution is 0.550. The third-order valence-corrected chi connectivity index (χ3v) is 3.77. The fraction of sp³-hybridized carbons (Fsp3) is 0.500. The Morgan fingerprint density at radius 2 is 2.20 bits per heavy atom. The highest BCUT2D eigenvalue weighted by Gasteiger charge is 2.23. The second kappa shape index (κ2) is 4.22. The summed E-state index contributed by atoms with van der Waals surface area (Å²) < 4.78 is 14.6. The molecule has 15 heavy (non-hydrogen) atoms. The van der Waals surface area contributed by atoms with Crippen LogP contribution in [0.3, 0.4) is 0 Å². The van der Waals surface area contributed by atoms with Crippen LogP contribution < -0.4 is 5.32 Å². The Kier molecular flexibility index (Phi) is 3.12. The van der Waals surface area contributed by atoms with Crippen molar-refractivity contribution in [3.8, 4) is 0 Å². The minimum absolute atomic E-state index is 0.0995. The number of halogens is 2. The molecule has 0 radical (unpaired) electrons. The van der Waals surface area contributed by atoms with Crippen molar-refractivity contribution in [3.05, 3.63) is 33.0 Å². The molecule has 1 aromatic carbocycles. The number of aryl methyl sites for hydroxylation is 1. The Morgan fingerprint density at radius 1 is 1.47 bits per heavy atom. The maximum atomic E-state index is 14.0. The van der Waals surface area contributed by atoms with E-state index >= 15 is 0 Å². The Morgan fingerprint density at radius 3 is 2.80 bits per heavy atom. The van der Waals surface area contributed by atoms with Gasteiger partial charge < -0.3 is 5.32 Å². The second-order valence-electron chi connectivity index (χ2n) is 4.18. The van der Waals surface area contributed by atoms with Gasteiger partial charge in [0.15, 0.2) is 0 Å². The maximum Gasteiger partial charge on any atom is 0.142 e. The van der Waals surface area contributed by atoms with Gasteiger partial charge in [-0.3, -0.25) is 0 Å². The SMILES string of the molecule is Cc1cc(Br)c(F)c(C2CCCN2)c1C. The molecule has 2 rings (SSSR count). The van der Waals surface area contributed by atoms with E-state index in [2.05, 4.69) is 21.2 Å². The molecule has 0 bridgehead atoms. The van der Waals surface area contributed by atoms with Crippen molar-refractivity contribution < 1.29 is 4.39 Å². The Bertz CT molecular complexity index is 357. The van der Waals surface area contributed by atoms with Gasteiger partial charge in [0.05, 0.1) is 4.47 Å². The van der Waals surface area contributed by atoms with E-state index in [4.69, 9.17) is 0 Å². The van der Waals surface area contributed by atoms with E-state index in [1.54, 1.807) is 0 Å². The largest absolute Gasteiger partial charge is 0.310 e. The minimum atomic E-state index is -0.0995. The highest BCUT2D eigenvalue weighted by molar-refractivity contribution is 9.10. The maximum absolute atomic E-state index is 14.0. The molecule has 0 saturated carbocycles. The van der Waals surface area contributed by atoms with Crippen LogP contribution in [0.2, 0.25) is 0 Å². The molecule has 1 heterocycles. The van der Waals surface area contributed by atoms with Gasteiger partial charge in [-0.05, 0) is 66.4 Å². The fourth-order valence-electron chi connectivity index (χ4n) is 2.21. The summed E-state index contributed by atoms with van der Waals surface area (Å²) in [5.41, 5.74) is 3.07. The molecule has 1 aliphatic heterocycles. The van der Waals surface area contributed by atoms with Crippen LogP contribution in [0, 0.1) is 19.7 Å². The smallest absolute Gasteiger partial charge is 0.142 e. The third-order valence-electron chi connectivity index (χ3n) is 3.19. The molecule has 1 unspecified atom stereocenters. The number of nitrogens with one attached hydrogen (secondary N) is 1. The first-order chi connectivity index (χ1) is 7.11. The van der Waals surface area contributed by atoms with E-state index in [9.17, 15) is 4.39 Å². The van der Waals surface area contributed by atoms with E-state index in [0.29, 0.717) is 4.47 Å². The number of hydrogen-bond donors (Lipinski definition) is 1. The van der Waals surface area contributed by atoms with Gasteiger partial charge in [0.25, 0.3) is 0 Å². The van der Waals surface area contributed by atoms with Crippen LogP contribution in [0.15, 0.2) is 10.5 Å². The standard InChI is InChI=1S/C12H15BrFN/c1-7-6-9(13)12(14)11(8(7)2)10-4-3-5-15-10/h6,10,15H,3-5H2,1-2H3. The zero-order valence-electron chi connectivity index (χ0n) is 9.03. The predicted octanol–water partition coefficient (Wildman–Crippen LogP) is 3.63. The molecule has 0 amide bonds. The molecule has 1 fully saturated rings. The zero-order chi connectivity index (χ0) is 11.0. The summed E-state index contributed by atoms with van der Waals surface area (Å²) in [6, 6.07) is 2.05. The lowest BCUT2D eigenvalue weighted by atomic mass is 9.96. The van der Waals surface area contributed by atoms with Crippen LogP contribution in [-0.4, -0.2) is 6.54 Å². The molecule has 1 aliphatic rings. The Labute approximate surface area is 98.2 Å². The average Bonchev–Trinajstić information content (AvgIpc) is 2.69. The van der Waals surface area contributed by atoms with Gasteiger partial charge >= 0.3 is 0 Å².